The Morgan fingerprint density at radius 2 is 1.77 bits per heavy atom. The predicted molar refractivity (Wildman–Crippen MR) is 105 cm³/mol. The van der Waals surface area contributed by atoms with Gasteiger partial charge in [-0.1, -0.05) is 39.3 Å². The van der Waals surface area contributed by atoms with Crippen LogP contribution in [0.15, 0.2) is 23.1 Å². The van der Waals surface area contributed by atoms with Gasteiger partial charge in [-0.15, -0.1) is 0 Å². The Hall–Kier alpha value is -1.11. The van der Waals surface area contributed by atoms with Gasteiger partial charge < -0.3 is 4.90 Å². The number of sulfonamides is 1. The molecule has 1 aliphatic rings. The van der Waals surface area contributed by atoms with E-state index in [-0.39, 0.29) is 27.9 Å². The molecule has 1 saturated carbocycles. The Morgan fingerprint density at radius 3 is 2.23 bits per heavy atom. The van der Waals surface area contributed by atoms with Gasteiger partial charge in [0, 0.05) is 30.7 Å². The standard InChI is InChI=1S/C19H29ClN2O3S/c1-6-21(7-2)26(24,25)18-12-15(8-11-17(18)20)19(23)22(16-9-10-16)14(5)13(3)4/h8,11-14,16H,6-7,9-10H2,1-5H3. The lowest BCUT2D eigenvalue weighted by atomic mass is 10.0. The summed E-state index contributed by atoms with van der Waals surface area (Å²) < 4.78 is 27.1. The van der Waals surface area contributed by atoms with Crippen LogP contribution in [0.3, 0.4) is 0 Å². The molecule has 0 aliphatic heterocycles. The highest BCUT2D eigenvalue weighted by Gasteiger charge is 2.37. The third kappa shape index (κ3) is 4.24. The van der Waals surface area contributed by atoms with Crippen LogP contribution in [0.2, 0.25) is 5.02 Å². The van der Waals surface area contributed by atoms with Crippen LogP contribution in [0.5, 0.6) is 0 Å². The summed E-state index contributed by atoms with van der Waals surface area (Å²) in [5.41, 5.74) is 0.375. The molecule has 26 heavy (non-hydrogen) atoms. The maximum Gasteiger partial charge on any atom is 0.254 e. The molecule has 146 valence electrons. The van der Waals surface area contributed by atoms with E-state index >= 15 is 0 Å². The van der Waals surface area contributed by atoms with Crippen LogP contribution in [-0.4, -0.2) is 48.7 Å². The number of carbonyl (C=O) groups is 1. The van der Waals surface area contributed by atoms with Gasteiger partial charge in [0.15, 0.2) is 0 Å². The number of halogens is 1. The van der Waals surface area contributed by atoms with E-state index in [0.717, 1.165) is 12.8 Å². The van der Waals surface area contributed by atoms with E-state index in [4.69, 9.17) is 11.6 Å². The van der Waals surface area contributed by atoms with Crippen molar-refractivity contribution in [3.8, 4) is 0 Å². The highest BCUT2D eigenvalue weighted by molar-refractivity contribution is 7.89. The van der Waals surface area contributed by atoms with Crippen LogP contribution in [0.1, 0.15) is 57.8 Å². The van der Waals surface area contributed by atoms with E-state index < -0.39 is 10.0 Å². The van der Waals surface area contributed by atoms with E-state index in [9.17, 15) is 13.2 Å². The molecule has 1 unspecified atom stereocenters. The van der Waals surface area contributed by atoms with Crippen molar-refractivity contribution in [1.29, 1.82) is 0 Å². The maximum absolute atomic E-state index is 13.1. The van der Waals surface area contributed by atoms with Crippen LogP contribution in [0.4, 0.5) is 0 Å². The van der Waals surface area contributed by atoms with E-state index in [2.05, 4.69) is 13.8 Å². The minimum atomic E-state index is -3.72. The molecule has 1 aliphatic carbocycles. The van der Waals surface area contributed by atoms with Gasteiger partial charge in [0.2, 0.25) is 10.0 Å². The summed E-state index contributed by atoms with van der Waals surface area (Å²) in [6.07, 6.45) is 2.00. The van der Waals surface area contributed by atoms with Crippen LogP contribution >= 0.6 is 11.6 Å². The van der Waals surface area contributed by atoms with Crippen molar-refractivity contribution < 1.29 is 13.2 Å². The number of amides is 1. The van der Waals surface area contributed by atoms with E-state index in [1.165, 1.54) is 16.4 Å². The summed E-state index contributed by atoms with van der Waals surface area (Å²) in [4.78, 5) is 15.1. The molecule has 1 aromatic rings. The van der Waals surface area contributed by atoms with Crippen molar-refractivity contribution in [2.24, 2.45) is 5.92 Å². The monoisotopic (exact) mass is 400 g/mol. The normalized spacial score (nSPS) is 16.2. The second kappa shape index (κ2) is 8.28. The quantitative estimate of drug-likeness (QED) is 0.662. The van der Waals surface area contributed by atoms with Gasteiger partial charge in [-0.2, -0.15) is 4.31 Å². The number of benzene rings is 1. The Labute approximate surface area is 162 Å². The summed E-state index contributed by atoms with van der Waals surface area (Å²) >= 11 is 6.18. The average Bonchev–Trinajstić information content (AvgIpc) is 3.40. The minimum absolute atomic E-state index is 0.00154. The fourth-order valence-corrected chi connectivity index (χ4v) is 5.00. The Balaban J connectivity index is 2.44. The third-order valence-electron chi connectivity index (χ3n) is 5.08. The first-order chi connectivity index (χ1) is 12.1. The third-order valence-corrected chi connectivity index (χ3v) is 7.61. The fourth-order valence-electron chi connectivity index (χ4n) is 3.04. The number of nitrogens with zero attached hydrogens (tertiary/aromatic N) is 2. The molecule has 0 radical (unpaired) electrons. The molecule has 0 bridgehead atoms. The van der Waals surface area contributed by atoms with Crippen molar-refractivity contribution in [2.45, 2.75) is 64.4 Å². The van der Waals surface area contributed by atoms with Gasteiger partial charge >= 0.3 is 0 Å². The summed E-state index contributed by atoms with van der Waals surface area (Å²) in [6, 6.07) is 4.90. The molecule has 0 heterocycles. The minimum Gasteiger partial charge on any atom is -0.333 e. The second-order valence-electron chi connectivity index (χ2n) is 7.16. The molecule has 1 amide bonds. The molecule has 7 heteroatoms. The van der Waals surface area contributed by atoms with Crippen LogP contribution in [0, 0.1) is 5.92 Å². The second-order valence-corrected chi connectivity index (χ2v) is 9.48. The molecule has 0 N–H and O–H groups in total. The van der Waals surface area contributed by atoms with Crippen molar-refractivity contribution in [1.82, 2.24) is 9.21 Å². The lowest BCUT2D eigenvalue weighted by molar-refractivity contribution is 0.0627. The zero-order valence-electron chi connectivity index (χ0n) is 16.2. The molecule has 1 aromatic carbocycles. The molecule has 5 nitrogen and oxygen atoms in total. The molecule has 1 fully saturated rings. The van der Waals surface area contributed by atoms with Gasteiger partial charge in [0.1, 0.15) is 4.90 Å². The summed E-state index contributed by atoms with van der Waals surface area (Å²) in [6.45, 7) is 10.5. The number of carbonyl (C=O) groups excluding carboxylic acids is 1. The van der Waals surface area contributed by atoms with Crippen LogP contribution in [0.25, 0.3) is 0 Å². The van der Waals surface area contributed by atoms with E-state index in [1.807, 2.05) is 11.8 Å². The smallest absolute Gasteiger partial charge is 0.254 e. The van der Waals surface area contributed by atoms with E-state index in [1.54, 1.807) is 19.9 Å². The predicted octanol–water partition coefficient (Wildman–Crippen LogP) is 4.02. The lowest BCUT2D eigenvalue weighted by Gasteiger charge is -2.32. The molecular formula is C19H29ClN2O3S. The topological polar surface area (TPSA) is 57.7 Å². The van der Waals surface area contributed by atoms with Crippen molar-refractivity contribution in [2.75, 3.05) is 13.1 Å². The number of hydrogen-bond donors (Lipinski definition) is 0. The summed E-state index contributed by atoms with van der Waals surface area (Å²) in [5.74, 6) is 0.201. The highest BCUT2D eigenvalue weighted by atomic mass is 35.5. The summed E-state index contributed by atoms with van der Waals surface area (Å²) in [5, 5.41) is 0.142. The molecular weight excluding hydrogens is 372 g/mol. The summed E-state index contributed by atoms with van der Waals surface area (Å²) in [7, 11) is -3.72. The number of rotatable bonds is 8. The van der Waals surface area contributed by atoms with Gasteiger partial charge in [-0.3, -0.25) is 4.79 Å². The Kier molecular flexibility index (Phi) is 6.75. The first-order valence-corrected chi connectivity index (χ1v) is 11.1. The van der Waals surface area contributed by atoms with Crippen LogP contribution < -0.4 is 0 Å². The molecule has 0 saturated heterocycles. The van der Waals surface area contributed by atoms with E-state index in [0.29, 0.717) is 24.6 Å². The SMILES string of the molecule is CCN(CC)S(=O)(=O)c1cc(C(=O)N(C2CC2)C(C)C(C)C)ccc1Cl. The van der Waals surface area contributed by atoms with Crippen molar-refractivity contribution in [3.63, 3.8) is 0 Å². The number of hydrogen-bond acceptors (Lipinski definition) is 3. The lowest BCUT2D eigenvalue weighted by Crippen LogP contribution is -2.43. The molecule has 0 aromatic heterocycles. The van der Waals surface area contributed by atoms with Gasteiger partial charge in [-0.25, -0.2) is 8.42 Å². The maximum atomic E-state index is 13.1. The van der Waals surface area contributed by atoms with Crippen molar-refractivity contribution >= 4 is 27.5 Å². The molecule has 1 atom stereocenters. The first kappa shape index (κ1) is 21.2. The van der Waals surface area contributed by atoms with Crippen LogP contribution in [-0.2, 0) is 10.0 Å². The largest absolute Gasteiger partial charge is 0.333 e. The zero-order valence-corrected chi connectivity index (χ0v) is 17.8. The fraction of sp³-hybridized carbons (Fsp3) is 0.632. The average molecular weight is 401 g/mol. The molecule has 2 rings (SSSR count). The first-order valence-electron chi connectivity index (χ1n) is 9.27. The zero-order chi connectivity index (χ0) is 19.6. The van der Waals surface area contributed by atoms with Crippen molar-refractivity contribution in [3.05, 3.63) is 28.8 Å². The molecule has 0 spiro atoms. The van der Waals surface area contributed by atoms with Gasteiger partial charge in [0.25, 0.3) is 5.91 Å². The van der Waals surface area contributed by atoms with Gasteiger partial charge in [0.05, 0.1) is 5.02 Å². The Morgan fingerprint density at radius 1 is 1.19 bits per heavy atom. The highest BCUT2D eigenvalue weighted by Crippen LogP contribution is 2.33. The van der Waals surface area contributed by atoms with Gasteiger partial charge in [-0.05, 0) is 43.9 Å². The Bertz CT molecular complexity index is 756.